The highest BCUT2D eigenvalue weighted by Gasteiger charge is 2.53. The van der Waals surface area contributed by atoms with Crippen LogP contribution in [0.1, 0.15) is 66.0 Å². The zero-order valence-electron chi connectivity index (χ0n) is 27.5. The molecule has 0 unspecified atom stereocenters. The Labute approximate surface area is 283 Å². The SMILES string of the molecule is COC(=O)C1(CCC2(CCC3(C)c4ccccc4-c4ccccc43)c3ccccc3-c3ccccc32)c2ccccc2-c2ccccc21. The summed E-state index contributed by atoms with van der Waals surface area (Å²) in [7, 11) is 1.54. The van der Waals surface area contributed by atoms with Gasteiger partial charge in [-0.3, -0.25) is 4.79 Å². The van der Waals surface area contributed by atoms with Crippen LogP contribution in [-0.4, -0.2) is 13.1 Å². The fourth-order valence-electron chi connectivity index (χ4n) is 9.85. The van der Waals surface area contributed by atoms with Gasteiger partial charge < -0.3 is 4.74 Å². The van der Waals surface area contributed by atoms with Crippen molar-refractivity contribution in [3.05, 3.63) is 179 Å². The van der Waals surface area contributed by atoms with Gasteiger partial charge in [0.05, 0.1) is 7.11 Å². The van der Waals surface area contributed by atoms with E-state index in [2.05, 4.69) is 153 Å². The van der Waals surface area contributed by atoms with Gasteiger partial charge in [0.25, 0.3) is 0 Å². The van der Waals surface area contributed by atoms with Crippen molar-refractivity contribution in [2.24, 2.45) is 0 Å². The summed E-state index contributed by atoms with van der Waals surface area (Å²) in [5.41, 5.74) is 13.9. The summed E-state index contributed by atoms with van der Waals surface area (Å²) in [6.07, 6.45) is 3.36. The predicted molar refractivity (Wildman–Crippen MR) is 194 cm³/mol. The molecule has 0 radical (unpaired) electrons. The van der Waals surface area contributed by atoms with E-state index in [9.17, 15) is 4.79 Å². The molecule has 0 fully saturated rings. The van der Waals surface area contributed by atoms with Crippen molar-refractivity contribution < 1.29 is 9.53 Å². The highest BCUT2D eigenvalue weighted by Crippen LogP contribution is 2.60. The average Bonchev–Trinajstić information content (AvgIpc) is 3.71. The molecule has 3 aliphatic rings. The Morgan fingerprint density at radius 3 is 1.17 bits per heavy atom. The minimum Gasteiger partial charge on any atom is -0.468 e. The number of benzene rings is 6. The van der Waals surface area contributed by atoms with Gasteiger partial charge in [-0.1, -0.05) is 153 Å². The van der Waals surface area contributed by atoms with Crippen LogP contribution in [-0.2, 0) is 25.8 Å². The maximum atomic E-state index is 14.3. The third-order valence-corrected chi connectivity index (χ3v) is 12.1. The van der Waals surface area contributed by atoms with Gasteiger partial charge >= 0.3 is 5.97 Å². The summed E-state index contributed by atoms with van der Waals surface area (Å²) in [6.45, 7) is 2.44. The highest BCUT2D eigenvalue weighted by atomic mass is 16.5. The standard InChI is InChI=1S/C46H38O2/c1-44(37-21-9-3-15-31(37)32-16-4-10-22-38(32)44)27-28-45(39-23-11-5-17-33(39)34-18-6-12-24-40(34)45)29-30-46(43(47)48-2)41-25-13-7-19-35(41)36-20-8-14-26-42(36)46/h3-26H,27-30H2,1-2H3. The first-order chi connectivity index (χ1) is 23.5. The van der Waals surface area contributed by atoms with Gasteiger partial charge in [-0.15, -0.1) is 0 Å². The summed E-state index contributed by atoms with van der Waals surface area (Å²) in [5.74, 6) is -0.180. The van der Waals surface area contributed by atoms with Crippen LogP contribution >= 0.6 is 0 Å². The molecule has 6 aromatic rings. The molecule has 0 aromatic heterocycles. The van der Waals surface area contributed by atoms with Gasteiger partial charge in [0.1, 0.15) is 5.41 Å². The maximum Gasteiger partial charge on any atom is 0.320 e. The Kier molecular flexibility index (Phi) is 6.43. The topological polar surface area (TPSA) is 26.3 Å². The van der Waals surface area contributed by atoms with Crippen molar-refractivity contribution in [3.8, 4) is 33.4 Å². The Morgan fingerprint density at radius 2 is 0.750 bits per heavy atom. The van der Waals surface area contributed by atoms with Crippen molar-refractivity contribution in [1.29, 1.82) is 0 Å². The summed E-state index contributed by atoms with van der Waals surface area (Å²) in [5, 5.41) is 0. The summed E-state index contributed by atoms with van der Waals surface area (Å²) in [6, 6.07) is 52.8. The van der Waals surface area contributed by atoms with Gasteiger partial charge in [-0.05, 0) is 92.4 Å². The lowest BCUT2D eigenvalue weighted by atomic mass is 9.63. The monoisotopic (exact) mass is 622 g/mol. The second kappa shape index (κ2) is 10.7. The number of ether oxygens (including phenoxy) is 1. The molecule has 0 spiro atoms. The van der Waals surface area contributed by atoms with Crippen molar-refractivity contribution in [3.63, 3.8) is 0 Å². The molecule has 2 nitrogen and oxygen atoms in total. The van der Waals surface area contributed by atoms with Crippen LogP contribution in [0.2, 0.25) is 0 Å². The van der Waals surface area contributed by atoms with Crippen LogP contribution in [0.25, 0.3) is 33.4 Å². The van der Waals surface area contributed by atoms with Crippen LogP contribution in [0.3, 0.4) is 0 Å². The Balaban J connectivity index is 1.22. The third-order valence-electron chi connectivity index (χ3n) is 12.1. The average molecular weight is 623 g/mol. The van der Waals surface area contributed by atoms with E-state index in [1.807, 2.05) is 0 Å². The molecule has 0 aliphatic heterocycles. The van der Waals surface area contributed by atoms with Crippen LogP contribution in [0.5, 0.6) is 0 Å². The number of fused-ring (bicyclic) bond motifs is 9. The Hall–Kier alpha value is -5.21. The predicted octanol–water partition coefficient (Wildman–Crippen LogP) is 10.6. The number of hydrogen-bond acceptors (Lipinski definition) is 2. The van der Waals surface area contributed by atoms with Gasteiger partial charge in [0.15, 0.2) is 0 Å². The zero-order valence-corrected chi connectivity index (χ0v) is 27.5. The second-order valence-corrected chi connectivity index (χ2v) is 14.1. The zero-order chi connectivity index (χ0) is 32.5. The minimum atomic E-state index is -0.891. The fraction of sp³-hybridized carbons (Fsp3) is 0.196. The molecule has 0 heterocycles. The van der Waals surface area contributed by atoms with Gasteiger partial charge in [-0.25, -0.2) is 0 Å². The molecule has 234 valence electrons. The summed E-state index contributed by atoms with van der Waals surface area (Å²) in [4.78, 5) is 14.3. The highest BCUT2D eigenvalue weighted by molar-refractivity contribution is 5.98. The van der Waals surface area contributed by atoms with E-state index in [1.54, 1.807) is 7.11 Å². The molecule has 2 heteroatoms. The van der Waals surface area contributed by atoms with Gasteiger partial charge in [0.2, 0.25) is 0 Å². The lowest BCUT2D eigenvalue weighted by Gasteiger charge is -2.39. The third kappa shape index (κ3) is 3.78. The number of rotatable bonds is 7. The summed E-state index contributed by atoms with van der Waals surface area (Å²) < 4.78 is 5.73. The van der Waals surface area contributed by atoms with Crippen LogP contribution in [0.15, 0.2) is 146 Å². The van der Waals surface area contributed by atoms with E-state index >= 15 is 0 Å². The van der Waals surface area contributed by atoms with Gasteiger partial charge in [-0.2, -0.15) is 0 Å². The first kappa shape index (κ1) is 29.0. The van der Waals surface area contributed by atoms with Crippen LogP contribution < -0.4 is 0 Å². The first-order valence-electron chi connectivity index (χ1n) is 17.2. The van der Waals surface area contributed by atoms with Gasteiger partial charge in [0, 0.05) is 10.8 Å². The first-order valence-corrected chi connectivity index (χ1v) is 17.2. The molecule has 0 saturated carbocycles. The molecule has 9 rings (SSSR count). The van der Waals surface area contributed by atoms with Crippen LogP contribution in [0.4, 0.5) is 0 Å². The molecule has 0 N–H and O–H groups in total. The maximum absolute atomic E-state index is 14.3. The van der Waals surface area contributed by atoms with E-state index in [0.717, 1.165) is 41.5 Å². The minimum absolute atomic E-state index is 0.140. The lowest BCUT2D eigenvalue weighted by molar-refractivity contribution is -0.146. The molecular formula is C46H38O2. The summed E-state index contributed by atoms with van der Waals surface area (Å²) >= 11 is 0. The normalized spacial score (nSPS) is 16.2. The van der Waals surface area contributed by atoms with E-state index in [4.69, 9.17) is 4.74 Å². The Bertz CT molecular complexity index is 2100. The molecule has 3 aliphatic carbocycles. The van der Waals surface area contributed by atoms with E-state index in [0.29, 0.717) is 6.42 Å². The molecule has 0 saturated heterocycles. The number of hydrogen-bond donors (Lipinski definition) is 0. The van der Waals surface area contributed by atoms with E-state index in [-0.39, 0.29) is 16.8 Å². The van der Waals surface area contributed by atoms with E-state index in [1.165, 1.54) is 44.5 Å². The molecular weight excluding hydrogens is 585 g/mol. The van der Waals surface area contributed by atoms with Crippen molar-refractivity contribution in [1.82, 2.24) is 0 Å². The number of esters is 1. The molecule has 48 heavy (non-hydrogen) atoms. The van der Waals surface area contributed by atoms with Crippen molar-refractivity contribution in [2.75, 3.05) is 7.11 Å². The molecule has 6 aromatic carbocycles. The van der Waals surface area contributed by atoms with Crippen molar-refractivity contribution in [2.45, 2.75) is 48.9 Å². The molecule has 0 amide bonds. The Morgan fingerprint density at radius 1 is 0.438 bits per heavy atom. The largest absolute Gasteiger partial charge is 0.468 e. The van der Waals surface area contributed by atoms with E-state index < -0.39 is 5.41 Å². The smallest absolute Gasteiger partial charge is 0.320 e. The molecule has 0 bridgehead atoms. The number of carbonyl (C=O) groups is 1. The van der Waals surface area contributed by atoms with Crippen LogP contribution in [0, 0.1) is 0 Å². The number of carbonyl (C=O) groups excluding carboxylic acids is 1. The second-order valence-electron chi connectivity index (χ2n) is 14.1. The fourth-order valence-corrected chi connectivity index (χ4v) is 9.85. The number of methoxy groups -OCH3 is 1. The molecule has 0 atom stereocenters. The lowest BCUT2D eigenvalue weighted by Crippen LogP contribution is -2.39. The van der Waals surface area contributed by atoms with Crippen molar-refractivity contribution >= 4 is 5.97 Å². The quantitative estimate of drug-likeness (QED) is 0.166.